The number of rotatable bonds is 6. The molecule has 0 atom stereocenters. The van der Waals surface area contributed by atoms with Crippen LogP contribution in [0.2, 0.25) is 0 Å². The summed E-state index contributed by atoms with van der Waals surface area (Å²) in [6.45, 7) is 2.97. The molecule has 1 aromatic heterocycles. The zero-order valence-corrected chi connectivity index (χ0v) is 22.7. The summed E-state index contributed by atoms with van der Waals surface area (Å²) in [6, 6.07) is 17.8. The molecule has 1 fully saturated rings. The molecule has 5 nitrogen and oxygen atoms in total. The normalized spacial score (nSPS) is 15.2. The van der Waals surface area contributed by atoms with E-state index in [4.69, 9.17) is 4.98 Å². The highest BCUT2D eigenvalue weighted by molar-refractivity contribution is 6.09. The van der Waals surface area contributed by atoms with Crippen molar-refractivity contribution >= 4 is 16.8 Å². The molecule has 5 rings (SSSR count). The van der Waals surface area contributed by atoms with E-state index < -0.39 is 35.9 Å². The van der Waals surface area contributed by atoms with Crippen molar-refractivity contribution in [1.29, 1.82) is 0 Å². The lowest BCUT2D eigenvalue weighted by atomic mass is 9.93. The van der Waals surface area contributed by atoms with Crippen LogP contribution in [0.1, 0.15) is 32.7 Å². The van der Waals surface area contributed by atoms with Gasteiger partial charge in [0.1, 0.15) is 0 Å². The van der Waals surface area contributed by atoms with Crippen molar-refractivity contribution in [2.24, 2.45) is 0 Å². The second-order valence-corrected chi connectivity index (χ2v) is 10.4. The van der Waals surface area contributed by atoms with Crippen LogP contribution in [0.3, 0.4) is 0 Å². The van der Waals surface area contributed by atoms with Crippen LogP contribution in [0.5, 0.6) is 0 Å². The summed E-state index contributed by atoms with van der Waals surface area (Å²) >= 11 is 0. The fourth-order valence-corrected chi connectivity index (χ4v) is 5.14. The zero-order valence-electron chi connectivity index (χ0n) is 22.7. The molecule has 1 amide bonds. The molecule has 0 radical (unpaired) electrons. The number of likely N-dealkylation sites (N-methyl/N-ethyl adjacent to an activating group) is 1. The van der Waals surface area contributed by atoms with E-state index in [-0.39, 0.29) is 17.2 Å². The van der Waals surface area contributed by atoms with E-state index in [9.17, 15) is 31.1 Å². The summed E-state index contributed by atoms with van der Waals surface area (Å²) in [5.41, 5.74) is -0.464. The molecular formula is C31H28F6N4O. The van der Waals surface area contributed by atoms with E-state index in [1.165, 1.54) is 0 Å². The van der Waals surface area contributed by atoms with Gasteiger partial charge in [0.2, 0.25) is 0 Å². The number of para-hydroxylation sites is 1. The Hall–Kier alpha value is -3.96. The molecule has 0 unspecified atom stereocenters. The second-order valence-electron chi connectivity index (χ2n) is 10.4. The van der Waals surface area contributed by atoms with Crippen LogP contribution in [0.4, 0.5) is 26.3 Å². The van der Waals surface area contributed by atoms with E-state index in [1.54, 1.807) is 0 Å². The van der Waals surface area contributed by atoms with E-state index in [0.717, 1.165) is 31.7 Å². The molecular weight excluding hydrogens is 558 g/mol. The van der Waals surface area contributed by atoms with Gasteiger partial charge in [-0.2, -0.15) is 26.3 Å². The average molecular weight is 587 g/mol. The number of pyridine rings is 1. The lowest BCUT2D eigenvalue weighted by Gasteiger charge is -2.32. The first-order chi connectivity index (χ1) is 19.9. The number of carbonyl (C=O) groups is 1. The quantitative estimate of drug-likeness (QED) is 0.258. The summed E-state index contributed by atoms with van der Waals surface area (Å²) < 4.78 is 80.5. The van der Waals surface area contributed by atoms with Crippen molar-refractivity contribution in [2.45, 2.75) is 25.4 Å². The third-order valence-electron chi connectivity index (χ3n) is 7.33. The van der Waals surface area contributed by atoms with Gasteiger partial charge in [0.25, 0.3) is 5.91 Å². The molecule has 0 aliphatic carbocycles. The Labute approximate surface area is 238 Å². The number of hydrogen-bond acceptors (Lipinski definition) is 4. The summed E-state index contributed by atoms with van der Waals surface area (Å²) in [6.07, 6.45) is -9.98. The minimum Gasteiger partial charge on any atom is -0.348 e. The van der Waals surface area contributed by atoms with Crippen molar-refractivity contribution in [1.82, 2.24) is 20.1 Å². The van der Waals surface area contributed by atoms with Gasteiger partial charge >= 0.3 is 12.4 Å². The third kappa shape index (κ3) is 6.57. The first-order valence-corrected chi connectivity index (χ1v) is 13.3. The predicted octanol–water partition coefficient (Wildman–Crippen LogP) is 6.62. The van der Waals surface area contributed by atoms with Crippen molar-refractivity contribution in [2.75, 3.05) is 33.2 Å². The van der Waals surface area contributed by atoms with Gasteiger partial charge in [0.15, 0.2) is 0 Å². The topological polar surface area (TPSA) is 48.5 Å². The Morgan fingerprint density at radius 3 is 2.05 bits per heavy atom. The first kappa shape index (κ1) is 29.5. The number of hydrogen-bond donors (Lipinski definition) is 1. The molecule has 220 valence electrons. The van der Waals surface area contributed by atoms with Crippen molar-refractivity contribution in [3.63, 3.8) is 0 Å². The van der Waals surface area contributed by atoms with Crippen LogP contribution >= 0.6 is 0 Å². The van der Waals surface area contributed by atoms with Crippen LogP contribution in [0.25, 0.3) is 22.0 Å². The van der Waals surface area contributed by atoms with E-state index >= 15 is 0 Å². The van der Waals surface area contributed by atoms with E-state index in [0.29, 0.717) is 40.8 Å². The van der Waals surface area contributed by atoms with Gasteiger partial charge in [-0.05, 0) is 42.4 Å². The van der Waals surface area contributed by atoms with Crippen molar-refractivity contribution < 1.29 is 31.1 Å². The Morgan fingerprint density at radius 1 is 0.833 bits per heavy atom. The van der Waals surface area contributed by atoms with Crippen LogP contribution in [0.15, 0.2) is 72.8 Å². The number of piperazine rings is 1. The second kappa shape index (κ2) is 11.7. The van der Waals surface area contributed by atoms with Gasteiger partial charge < -0.3 is 10.2 Å². The molecule has 0 bridgehead atoms. The van der Waals surface area contributed by atoms with Crippen LogP contribution in [-0.2, 0) is 25.4 Å². The number of halogens is 6. The van der Waals surface area contributed by atoms with Crippen molar-refractivity contribution in [3.8, 4) is 11.1 Å². The van der Waals surface area contributed by atoms with Crippen LogP contribution in [0, 0.1) is 0 Å². The monoisotopic (exact) mass is 586 g/mol. The van der Waals surface area contributed by atoms with Crippen molar-refractivity contribution in [3.05, 3.63) is 101 Å². The van der Waals surface area contributed by atoms with Crippen LogP contribution in [-0.4, -0.2) is 53.9 Å². The molecule has 1 N–H and O–H groups in total. The maximum atomic E-state index is 13.9. The zero-order chi connectivity index (χ0) is 30.1. The molecule has 42 heavy (non-hydrogen) atoms. The number of alkyl halides is 6. The lowest BCUT2D eigenvalue weighted by Crippen LogP contribution is -2.44. The molecule has 4 aromatic rings. The molecule has 1 aliphatic heterocycles. The maximum absolute atomic E-state index is 13.9. The molecule has 0 saturated carbocycles. The standard InChI is InChI=1S/C31H28F6N4O/c1-40-11-13-41(14-12-40)19-26-28(27(21-7-3-2-4-8-21)24-9-5-6-10-25(24)39-26)29(42)38-18-20-15-22(30(32,33)34)17-23(16-20)31(35,36)37/h2-10,15-17H,11-14,18-19H2,1H3,(H,38,42). The fourth-order valence-electron chi connectivity index (χ4n) is 5.14. The number of nitrogens with zero attached hydrogens (tertiary/aromatic N) is 3. The number of aromatic nitrogens is 1. The molecule has 3 aromatic carbocycles. The maximum Gasteiger partial charge on any atom is 0.416 e. The Morgan fingerprint density at radius 2 is 1.43 bits per heavy atom. The number of fused-ring (bicyclic) bond motifs is 1. The molecule has 1 saturated heterocycles. The highest BCUT2D eigenvalue weighted by Crippen LogP contribution is 2.37. The van der Waals surface area contributed by atoms with Gasteiger partial charge in [-0.1, -0.05) is 48.5 Å². The fraction of sp³-hybridized carbons (Fsp3) is 0.290. The third-order valence-corrected chi connectivity index (χ3v) is 7.33. The summed E-state index contributed by atoms with van der Waals surface area (Å²) in [5.74, 6) is -0.637. The van der Waals surface area contributed by atoms with Gasteiger partial charge in [-0.25, -0.2) is 0 Å². The lowest BCUT2D eigenvalue weighted by molar-refractivity contribution is -0.143. The SMILES string of the molecule is CN1CCN(Cc2nc3ccccc3c(-c3ccccc3)c2C(=O)NCc2cc(C(F)(F)F)cc(C(F)(F)F)c2)CC1. The number of benzene rings is 3. The van der Waals surface area contributed by atoms with E-state index in [2.05, 4.69) is 15.1 Å². The smallest absolute Gasteiger partial charge is 0.348 e. The highest BCUT2D eigenvalue weighted by atomic mass is 19.4. The van der Waals surface area contributed by atoms with Gasteiger partial charge in [0.05, 0.1) is 27.9 Å². The minimum absolute atomic E-state index is 0.0697. The summed E-state index contributed by atoms with van der Waals surface area (Å²) in [4.78, 5) is 23.1. The van der Waals surface area contributed by atoms with E-state index in [1.807, 2.05) is 61.6 Å². The Balaban J connectivity index is 1.58. The Kier molecular flexibility index (Phi) is 8.25. The van der Waals surface area contributed by atoms with Crippen LogP contribution < -0.4 is 5.32 Å². The Bertz CT molecular complexity index is 1550. The number of carbonyl (C=O) groups excluding carboxylic acids is 1. The highest BCUT2D eigenvalue weighted by Gasteiger charge is 2.37. The number of amides is 1. The largest absolute Gasteiger partial charge is 0.416 e. The average Bonchev–Trinajstić information content (AvgIpc) is 2.96. The summed E-state index contributed by atoms with van der Waals surface area (Å²) in [5, 5.41) is 3.29. The van der Waals surface area contributed by atoms with Gasteiger partial charge in [-0.3, -0.25) is 14.7 Å². The first-order valence-electron chi connectivity index (χ1n) is 13.3. The predicted molar refractivity (Wildman–Crippen MR) is 148 cm³/mol. The molecule has 1 aliphatic rings. The van der Waals surface area contributed by atoms with Gasteiger partial charge in [-0.15, -0.1) is 0 Å². The molecule has 0 spiro atoms. The number of nitrogens with one attached hydrogen (secondary N) is 1. The molecule has 2 heterocycles. The minimum atomic E-state index is -4.99. The summed E-state index contributed by atoms with van der Waals surface area (Å²) in [7, 11) is 2.02. The molecule has 11 heteroatoms. The van der Waals surface area contributed by atoms with Gasteiger partial charge in [0, 0.05) is 50.2 Å².